The minimum atomic E-state index is 0.532. The summed E-state index contributed by atoms with van der Waals surface area (Å²) in [6, 6.07) is 1.30. The van der Waals surface area contributed by atoms with Gasteiger partial charge in [-0.15, -0.1) is 0 Å². The number of nitrogens with one attached hydrogen (secondary N) is 2. The Morgan fingerprint density at radius 1 is 1.16 bits per heavy atom. The largest absolute Gasteiger partial charge is 0.340 e. The number of aromatic nitrogens is 4. The predicted octanol–water partition coefficient (Wildman–Crippen LogP) is 1.78. The summed E-state index contributed by atoms with van der Waals surface area (Å²) in [6.07, 6.45) is 9.13. The van der Waals surface area contributed by atoms with Gasteiger partial charge in [-0.25, -0.2) is 4.98 Å². The van der Waals surface area contributed by atoms with Crippen molar-refractivity contribution < 1.29 is 0 Å². The van der Waals surface area contributed by atoms with E-state index < -0.39 is 0 Å². The average Bonchev–Trinajstić information content (AvgIpc) is 3.15. The molecule has 2 aromatic rings. The van der Waals surface area contributed by atoms with Crippen LogP contribution in [0.5, 0.6) is 0 Å². The van der Waals surface area contributed by atoms with Crippen molar-refractivity contribution in [1.29, 1.82) is 0 Å². The molecule has 2 aliphatic heterocycles. The molecule has 5 nitrogen and oxygen atoms in total. The van der Waals surface area contributed by atoms with Crippen LogP contribution < -0.4 is 5.32 Å². The first-order valence-corrected chi connectivity index (χ1v) is 6.90. The van der Waals surface area contributed by atoms with Crippen molar-refractivity contribution in [2.75, 3.05) is 0 Å². The zero-order chi connectivity index (χ0) is 12.8. The van der Waals surface area contributed by atoms with E-state index in [0.717, 1.165) is 22.9 Å². The molecule has 19 heavy (non-hydrogen) atoms. The third-order valence-corrected chi connectivity index (χ3v) is 4.38. The van der Waals surface area contributed by atoms with Crippen molar-refractivity contribution in [2.24, 2.45) is 0 Å². The lowest BCUT2D eigenvalue weighted by molar-refractivity contribution is 0.490. The van der Waals surface area contributed by atoms with Gasteiger partial charge in [-0.2, -0.15) is 0 Å². The predicted molar refractivity (Wildman–Crippen MR) is 71.7 cm³/mol. The van der Waals surface area contributed by atoms with E-state index in [-0.39, 0.29) is 0 Å². The van der Waals surface area contributed by atoms with Gasteiger partial charge in [0.1, 0.15) is 11.5 Å². The molecule has 0 aliphatic carbocycles. The molecule has 2 bridgehead atoms. The fourth-order valence-corrected chi connectivity index (χ4v) is 3.44. The number of fused-ring (bicyclic) bond motifs is 2. The molecule has 2 aromatic heterocycles. The summed E-state index contributed by atoms with van der Waals surface area (Å²) in [7, 11) is 0. The Kier molecular flexibility index (Phi) is 2.41. The second-order valence-corrected chi connectivity index (χ2v) is 5.56. The van der Waals surface area contributed by atoms with Crippen LogP contribution >= 0.6 is 0 Å². The number of aromatic amines is 1. The summed E-state index contributed by atoms with van der Waals surface area (Å²) in [5.41, 5.74) is 2.81. The Morgan fingerprint density at radius 2 is 2.05 bits per heavy atom. The van der Waals surface area contributed by atoms with Gasteiger partial charge in [-0.1, -0.05) is 0 Å². The molecule has 0 radical (unpaired) electrons. The lowest BCUT2D eigenvalue weighted by atomic mass is 9.89. The summed E-state index contributed by atoms with van der Waals surface area (Å²) in [4.78, 5) is 16.7. The Morgan fingerprint density at radius 3 is 2.79 bits per heavy atom. The van der Waals surface area contributed by atoms with Gasteiger partial charge >= 0.3 is 0 Å². The highest BCUT2D eigenvalue weighted by molar-refractivity contribution is 5.55. The van der Waals surface area contributed by atoms with Crippen molar-refractivity contribution in [2.45, 2.75) is 44.2 Å². The smallest absolute Gasteiger partial charge is 0.111 e. The fourth-order valence-electron chi connectivity index (χ4n) is 3.44. The van der Waals surface area contributed by atoms with Crippen LogP contribution in [0.3, 0.4) is 0 Å². The van der Waals surface area contributed by atoms with Gasteiger partial charge in [-0.3, -0.25) is 9.97 Å². The summed E-state index contributed by atoms with van der Waals surface area (Å²) in [5.74, 6) is 1.63. The van der Waals surface area contributed by atoms with Crippen LogP contribution in [-0.2, 0) is 0 Å². The zero-order valence-electron chi connectivity index (χ0n) is 10.9. The lowest BCUT2D eigenvalue weighted by Gasteiger charge is -2.17. The molecule has 2 fully saturated rings. The standard InChI is InChI=1S/C14H17N5/c1-8-13(16-5-4-15-8)12-7-17-14(19-12)10-6-9-2-3-11(10)18-9/h4-5,7,9-11,18H,2-3,6H2,1H3,(H,17,19). The quantitative estimate of drug-likeness (QED) is 0.858. The molecule has 3 unspecified atom stereocenters. The maximum absolute atomic E-state index is 4.57. The van der Waals surface area contributed by atoms with Gasteiger partial charge < -0.3 is 10.3 Å². The summed E-state index contributed by atoms with van der Waals surface area (Å²) < 4.78 is 0. The van der Waals surface area contributed by atoms with Crippen molar-refractivity contribution in [3.05, 3.63) is 30.1 Å². The van der Waals surface area contributed by atoms with Crippen LogP contribution in [0, 0.1) is 6.92 Å². The number of rotatable bonds is 2. The second kappa shape index (κ2) is 4.13. The van der Waals surface area contributed by atoms with Gasteiger partial charge in [0.2, 0.25) is 0 Å². The number of hydrogen-bond acceptors (Lipinski definition) is 4. The maximum Gasteiger partial charge on any atom is 0.111 e. The minimum absolute atomic E-state index is 0.532. The molecule has 2 saturated heterocycles. The Labute approximate surface area is 111 Å². The van der Waals surface area contributed by atoms with Gasteiger partial charge in [0.05, 0.1) is 17.6 Å². The number of imidazole rings is 1. The number of hydrogen-bond donors (Lipinski definition) is 2. The lowest BCUT2D eigenvalue weighted by Crippen LogP contribution is -2.22. The van der Waals surface area contributed by atoms with Crippen LogP contribution in [0.1, 0.15) is 36.7 Å². The molecule has 2 N–H and O–H groups in total. The highest BCUT2D eigenvalue weighted by Gasteiger charge is 2.41. The second-order valence-electron chi connectivity index (χ2n) is 5.56. The summed E-state index contributed by atoms with van der Waals surface area (Å²) in [5, 5.41) is 3.65. The van der Waals surface area contributed by atoms with Crippen LogP contribution in [-0.4, -0.2) is 32.0 Å². The van der Waals surface area contributed by atoms with Gasteiger partial charge in [0, 0.05) is 30.4 Å². The summed E-state index contributed by atoms with van der Waals surface area (Å²) >= 11 is 0. The topological polar surface area (TPSA) is 66.5 Å². The Balaban J connectivity index is 1.65. The molecule has 98 valence electrons. The summed E-state index contributed by atoms with van der Waals surface area (Å²) in [6.45, 7) is 1.97. The van der Waals surface area contributed by atoms with E-state index in [9.17, 15) is 0 Å². The molecular formula is C14H17N5. The van der Waals surface area contributed by atoms with Crippen molar-refractivity contribution in [3.8, 4) is 11.4 Å². The van der Waals surface area contributed by atoms with Crippen LogP contribution in [0.25, 0.3) is 11.4 Å². The van der Waals surface area contributed by atoms with E-state index in [4.69, 9.17) is 0 Å². The van der Waals surface area contributed by atoms with Gasteiger partial charge in [0.15, 0.2) is 0 Å². The van der Waals surface area contributed by atoms with Crippen molar-refractivity contribution in [1.82, 2.24) is 25.3 Å². The third-order valence-electron chi connectivity index (χ3n) is 4.38. The van der Waals surface area contributed by atoms with E-state index in [0.29, 0.717) is 18.0 Å². The molecule has 2 aliphatic rings. The molecule has 0 amide bonds. The molecule has 0 aromatic carbocycles. The number of aryl methyl sites for hydroxylation is 1. The highest BCUT2D eigenvalue weighted by atomic mass is 15.1. The van der Waals surface area contributed by atoms with E-state index in [1.54, 1.807) is 12.4 Å². The molecule has 5 heteroatoms. The van der Waals surface area contributed by atoms with E-state index in [2.05, 4.69) is 25.3 Å². The SMILES string of the molecule is Cc1nccnc1-c1cnc(C2CC3CCC2N3)[nH]1. The Hall–Kier alpha value is -1.75. The van der Waals surface area contributed by atoms with E-state index >= 15 is 0 Å². The first kappa shape index (κ1) is 11.1. The average molecular weight is 255 g/mol. The van der Waals surface area contributed by atoms with Crippen molar-refractivity contribution in [3.63, 3.8) is 0 Å². The maximum atomic E-state index is 4.57. The molecular weight excluding hydrogens is 238 g/mol. The first-order chi connectivity index (χ1) is 9.31. The van der Waals surface area contributed by atoms with Gasteiger partial charge in [0.25, 0.3) is 0 Å². The normalized spacial score (nSPS) is 29.0. The molecule has 0 saturated carbocycles. The molecule has 0 spiro atoms. The highest BCUT2D eigenvalue weighted by Crippen LogP contribution is 2.39. The number of H-pyrrole nitrogens is 1. The monoisotopic (exact) mass is 255 g/mol. The van der Waals surface area contributed by atoms with Crippen LogP contribution in [0.4, 0.5) is 0 Å². The van der Waals surface area contributed by atoms with Gasteiger partial charge in [-0.05, 0) is 26.2 Å². The molecule has 3 atom stereocenters. The number of nitrogens with zero attached hydrogens (tertiary/aromatic N) is 3. The Bertz CT molecular complexity index is 605. The van der Waals surface area contributed by atoms with Crippen molar-refractivity contribution >= 4 is 0 Å². The first-order valence-electron chi connectivity index (χ1n) is 6.90. The molecule has 4 rings (SSSR count). The zero-order valence-corrected chi connectivity index (χ0v) is 10.9. The molecule has 4 heterocycles. The van der Waals surface area contributed by atoms with Crippen LogP contribution in [0.2, 0.25) is 0 Å². The minimum Gasteiger partial charge on any atom is -0.340 e. The van der Waals surface area contributed by atoms with Crippen LogP contribution in [0.15, 0.2) is 18.6 Å². The third kappa shape index (κ3) is 1.76. The fraction of sp³-hybridized carbons (Fsp3) is 0.500. The van der Waals surface area contributed by atoms with E-state index in [1.165, 1.54) is 19.3 Å². The van der Waals surface area contributed by atoms with E-state index in [1.807, 2.05) is 13.1 Å².